The molecule has 0 aliphatic heterocycles. The van der Waals surface area contributed by atoms with E-state index in [1.54, 1.807) is 36.4 Å². The standard InChI is InChI=1S/C27H19ClFN3O4/c28-23-8-4-3-7-21(23)27(35)36-24-14-11-17-5-1-2-6-20(17)22(24)15-31-32-25(33)16-30-26(34)18-9-12-19(29)13-10-18/h1-15H,16H2,(H,30,34)(H,32,33). The molecule has 0 aliphatic carbocycles. The Hall–Kier alpha value is -4.56. The maximum absolute atomic E-state index is 13.0. The highest BCUT2D eigenvalue weighted by molar-refractivity contribution is 6.33. The summed E-state index contributed by atoms with van der Waals surface area (Å²) in [5.74, 6) is -2.00. The van der Waals surface area contributed by atoms with Gasteiger partial charge in [0.05, 0.1) is 23.3 Å². The Morgan fingerprint density at radius 2 is 1.64 bits per heavy atom. The molecule has 2 amide bonds. The molecule has 4 aromatic rings. The van der Waals surface area contributed by atoms with Gasteiger partial charge in [-0.2, -0.15) is 5.10 Å². The number of hydrogen-bond donors (Lipinski definition) is 2. The van der Waals surface area contributed by atoms with Crippen molar-refractivity contribution in [3.8, 4) is 5.75 Å². The number of halogens is 2. The van der Waals surface area contributed by atoms with Gasteiger partial charge >= 0.3 is 5.97 Å². The number of nitrogens with one attached hydrogen (secondary N) is 2. The Labute approximate surface area is 210 Å². The predicted molar refractivity (Wildman–Crippen MR) is 135 cm³/mol. The minimum atomic E-state index is -0.641. The van der Waals surface area contributed by atoms with E-state index in [9.17, 15) is 18.8 Å². The topological polar surface area (TPSA) is 96.9 Å². The van der Waals surface area contributed by atoms with Gasteiger partial charge in [-0.25, -0.2) is 14.6 Å². The fourth-order valence-corrected chi connectivity index (χ4v) is 3.56. The molecule has 0 unspecified atom stereocenters. The second-order valence-corrected chi connectivity index (χ2v) is 7.96. The number of carbonyl (C=O) groups is 3. The molecule has 0 saturated heterocycles. The molecule has 0 atom stereocenters. The van der Waals surface area contributed by atoms with Gasteiger partial charge in [-0.3, -0.25) is 9.59 Å². The zero-order chi connectivity index (χ0) is 25.5. The fourth-order valence-electron chi connectivity index (χ4n) is 3.35. The zero-order valence-electron chi connectivity index (χ0n) is 18.7. The van der Waals surface area contributed by atoms with E-state index in [1.165, 1.54) is 18.3 Å². The van der Waals surface area contributed by atoms with Crippen LogP contribution in [0.2, 0.25) is 5.02 Å². The smallest absolute Gasteiger partial charge is 0.345 e. The molecule has 0 fully saturated rings. The van der Waals surface area contributed by atoms with Crippen molar-refractivity contribution in [2.45, 2.75) is 0 Å². The van der Waals surface area contributed by atoms with Gasteiger partial charge in [0.15, 0.2) is 0 Å². The summed E-state index contributed by atoms with van der Waals surface area (Å²) in [6.07, 6.45) is 1.36. The maximum Gasteiger partial charge on any atom is 0.345 e. The molecular weight excluding hydrogens is 485 g/mol. The summed E-state index contributed by atoms with van der Waals surface area (Å²) in [4.78, 5) is 37.0. The van der Waals surface area contributed by atoms with Crippen molar-refractivity contribution in [1.82, 2.24) is 10.7 Å². The first-order valence-electron chi connectivity index (χ1n) is 10.8. The van der Waals surface area contributed by atoms with Gasteiger partial charge in [-0.15, -0.1) is 0 Å². The number of benzene rings is 4. The fraction of sp³-hybridized carbons (Fsp3) is 0.0370. The highest BCUT2D eigenvalue weighted by atomic mass is 35.5. The minimum absolute atomic E-state index is 0.209. The molecule has 0 saturated carbocycles. The molecule has 36 heavy (non-hydrogen) atoms. The van der Waals surface area contributed by atoms with Crippen LogP contribution in [0.15, 0.2) is 90.0 Å². The van der Waals surface area contributed by atoms with Crippen molar-refractivity contribution in [2.75, 3.05) is 6.54 Å². The molecule has 0 aliphatic rings. The maximum atomic E-state index is 13.0. The van der Waals surface area contributed by atoms with Gasteiger partial charge in [0.2, 0.25) is 0 Å². The average Bonchev–Trinajstić information content (AvgIpc) is 2.89. The zero-order valence-corrected chi connectivity index (χ0v) is 19.5. The van der Waals surface area contributed by atoms with Crippen LogP contribution in [-0.4, -0.2) is 30.5 Å². The van der Waals surface area contributed by atoms with Gasteiger partial charge in [0.1, 0.15) is 11.6 Å². The summed E-state index contributed by atoms with van der Waals surface area (Å²) in [6.45, 7) is -0.350. The predicted octanol–water partition coefficient (Wildman–Crippen LogP) is 4.73. The summed E-state index contributed by atoms with van der Waals surface area (Å²) < 4.78 is 18.6. The minimum Gasteiger partial charge on any atom is -0.422 e. The molecule has 0 radical (unpaired) electrons. The highest BCUT2D eigenvalue weighted by Gasteiger charge is 2.16. The Kier molecular flexibility index (Phi) is 7.67. The molecule has 4 rings (SSSR count). The molecule has 7 nitrogen and oxygen atoms in total. The van der Waals surface area contributed by atoms with Crippen molar-refractivity contribution >= 4 is 46.4 Å². The molecule has 0 aromatic heterocycles. The van der Waals surface area contributed by atoms with Crippen molar-refractivity contribution in [3.05, 3.63) is 112 Å². The van der Waals surface area contributed by atoms with Crippen molar-refractivity contribution in [2.24, 2.45) is 5.10 Å². The second kappa shape index (κ2) is 11.2. The third-order valence-electron chi connectivity index (χ3n) is 5.13. The van der Waals surface area contributed by atoms with E-state index < -0.39 is 23.6 Å². The van der Waals surface area contributed by atoms with Crippen LogP contribution in [0.4, 0.5) is 4.39 Å². The van der Waals surface area contributed by atoms with E-state index in [-0.39, 0.29) is 28.4 Å². The number of carbonyl (C=O) groups excluding carboxylic acids is 3. The van der Waals surface area contributed by atoms with Crippen LogP contribution in [0.5, 0.6) is 5.75 Å². The van der Waals surface area contributed by atoms with Gasteiger partial charge < -0.3 is 10.1 Å². The Balaban J connectivity index is 1.47. The normalized spacial score (nSPS) is 10.8. The number of esters is 1. The number of nitrogens with zero attached hydrogens (tertiary/aromatic N) is 1. The summed E-state index contributed by atoms with van der Waals surface area (Å²) >= 11 is 6.12. The monoisotopic (exact) mass is 503 g/mol. The highest BCUT2D eigenvalue weighted by Crippen LogP contribution is 2.28. The molecule has 180 valence electrons. The summed E-state index contributed by atoms with van der Waals surface area (Å²) in [7, 11) is 0. The van der Waals surface area contributed by atoms with Crippen LogP contribution < -0.4 is 15.5 Å². The third-order valence-corrected chi connectivity index (χ3v) is 5.46. The number of rotatable bonds is 7. The van der Waals surface area contributed by atoms with E-state index >= 15 is 0 Å². The van der Waals surface area contributed by atoms with E-state index in [2.05, 4.69) is 15.8 Å². The molecule has 2 N–H and O–H groups in total. The lowest BCUT2D eigenvalue weighted by atomic mass is 10.0. The van der Waals surface area contributed by atoms with Crippen LogP contribution in [0, 0.1) is 5.82 Å². The largest absolute Gasteiger partial charge is 0.422 e. The van der Waals surface area contributed by atoms with Gasteiger partial charge in [-0.05, 0) is 53.2 Å². The van der Waals surface area contributed by atoms with Gasteiger partial charge in [-0.1, -0.05) is 54.1 Å². The average molecular weight is 504 g/mol. The lowest BCUT2D eigenvalue weighted by Crippen LogP contribution is -2.34. The van der Waals surface area contributed by atoms with Crippen molar-refractivity contribution in [3.63, 3.8) is 0 Å². The molecule has 9 heteroatoms. The first kappa shape index (κ1) is 24.6. The first-order valence-corrected chi connectivity index (χ1v) is 11.1. The Bertz CT molecular complexity index is 1470. The van der Waals surface area contributed by atoms with Gasteiger partial charge in [0, 0.05) is 11.1 Å². The van der Waals surface area contributed by atoms with Crippen LogP contribution in [0.1, 0.15) is 26.3 Å². The van der Waals surface area contributed by atoms with Crippen LogP contribution >= 0.6 is 11.6 Å². The second-order valence-electron chi connectivity index (χ2n) is 7.55. The first-order chi connectivity index (χ1) is 17.4. The summed E-state index contributed by atoms with van der Waals surface area (Å²) in [5.41, 5.74) is 3.21. The molecular formula is C27H19ClFN3O4. The summed E-state index contributed by atoms with van der Waals surface area (Å²) in [5, 5.41) is 8.27. The van der Waals surface area contributed by atoms with E-state index in [0.29, 0.717) is 5.56 Å². The molecule has 0 bridgehead atoms. The molecule has 0 spiro atoms. The van der Waals surface area contributed by atoms with Crippen LogP contribution in [-0.2, 0) is 4.79 Å². The number of hydrazone groups is 1. The van der Waals surface area contributed by atoms with Crippen molar-refractivity contribution in [1.29, 1.82) is 0 Å². The SMILES string of the molecule is O=C(CNC(=O)c1ccc(F)cc1)NN=Cc1c(OC(=O)c2ccccc2Cl)ccc2ccccc12. The lowest BCUT2D eigenvalue weighted by molar-refractivity contribution is -0.120. The van der Waals surface area contributed by atoms with E-state index in [4.69, 9.17) is 16.3 Å². The third kappa shape index (κ3) is 5.92. The van der Waals surface area contributed by atoms with E-state index in [1.807, 2.05) is 24.3 Å². The Morgan fingerprint density at radius 3 is 2.42 bits per heavy atom. The van der Waals surface area contributed by atoms with Crippen LogP contribution in [0.25, 0.3) is 10.8 Å². The van der Waals surface area contributed by atoms with Gasteiger partial charge in [0.25, 0.3) is 11.8 Å². The summed E-state index contributed by atoms with van der Waals surface area (Å²) in [6, 6.07) is 22.3. The number of fused-ring (bicyclic) bond motifs is 1. The Morgan fingerprint density at radius 1 is 0.917 bits per heavy atom. The number of ether oxygens (including phenoxy) is 1. The number of hydrogen-bond acceptors (Lipinski definition) is 5. The van der Waals surface area contributed by atoms with Crippen LogP contribution in [0.3, 0.4) is 0 Å². The molecule has 0 heterocycles. The van der Waals surface area contributed by atoms with Crippen molar-refractivity contribution < 1.29 is 23.5 Å². The number of amides is 2. The lowest BCUT2D eigenvalue weighted by Gasteiger charge is -2.11. The quantitative estimate of drug-likeness (QED) is 0.165. The molecule has 4 aromatic carbocycles. The van der Waals surface area contributed by atoms with E-state index in [0.717, 1.165) is 22.9 Å².